The van der Waals surface area contributed by atoms with Crippen LogP contribution in [0.15, 0.2) is 29.2 Å². The van der Waals surface area contributed by atoms with Gasteiger partial charge in [0.25, 0.3) is 0 Å². The van der Waals surface area contributed by atoms with E-state index in [1.54, 1.807) is 12.1 Å². The average molecular weight is 600 g/mol. The lowest BCUT2D eigenvalue weighted by Gasteiger charge is -2.16. The maximum atomic E-state index is 15.5. The molecule has 15 heteroatoms. The number of alkyl carbamates (subject to hydrolysis) is 1. The Bertz CT molecular complexity index is 2060. The lowest BCUT2D eigenvalue weighted by Crippen LogP contribution is -2.37. The van der Waals surface area contributed by atoms with Gasteiger partial charge in [0.1, 0.15) is 23.3 Å². The van der Waals surface area contributed by atoms with Gasteiger partial charge >= 0.3 is 11.8 Å². The number of alkyl halides is 1. The third-order valence-electron chi connectivity index (χ3n) is 8.89. The summed E-state index contributed by atoms with van der Waals surface area (Å²) in [6.07, 6.45) is 0.307. The van der Waals surface area contributed by atoms with Gasteiger partial charge in [-0.15, -0.1) is 5.10 Å². The van der Waals surface area contributed by atoms with E-state index in [-0.39, 0.29) is 47.3 Å². The quantitative estimate of drug-likeness (QED) is 0.274. The molecule has 226 valence electrons. The van der Waals surface area contributed by atoms with E-state index in [0.717, 1.165) is 17.4 Å². The Labute approximate surface area is 252 Å². The van der Waals surface area contributed by atoms with Gasteiger partial charge in [0.2, 0.25) is 11.8 Å². The van der Waals surface area contributed by atoms with E-state index in [2.05, 4.69) is 25.5 Å². The second kappa shape index (κ2) is 9.67. The maximum absolute atomic E-state index is 15.5. The zero-order valence-corrected chi connectivity index (χ0v) is 22.9. The molecule has 5 atom stereocenters. The van der Waals surface area contributed by atoms with Gasteiger partial charge in [0.05, 0.1) is 46.9 Å². The first-order valence-electron chi connectivity index (χ1n) is 16.8. The van der Waals surface area contributed by atoms with E-state index in [1.807, 2.05) is 0 Å². The normalized spacial score (nSPS) is 29.2. The third-order valence-corrected chi connectivity index (χ3v) is 8.89. The first-order chi connectivity index (χ1) is 23.0. The Kier molecular flexibility index (Phi) is 4.74. The molecule has 3 aliphatic rings. The molecule has 4 aromatic rings. The van der Waals surface area contributed by atoms with Crippen molar-refractivity contribution in [3.63, 3.8) is 0 Å². The molecule has 7 rings (SSSR count). The van der Waals surface area contributed by atoms with Crippen LogP contribution in [0.4, 0.5) is 20.8 Å². The molecule has 0 aliphatic heterocycles. The van der Waals surface area contributed by atoms with Gasteiger partial charge in [-0.25, -0.2) is 28.6 Å². The summed E-state index contributed by atoms with van der Waals surface area (Å²) in [6, 6.07) is 2.58. The van der Waals surface area contributed by atoms with Crippen molar-refractivity contribution in [1.29, 1.82) is 0 Å². The largest absolute Gasteiger partial charge is 0.479 e. The van der Waals surface area contributed by atoms with Crippen molar-refractivity contribution in [2.45, 2.75) is 55.9 Å². The number of hydrogen-bond donors (Lipinski definition) is 3. The minimum atomic E-state index is -3.01. The molecule has 5 unspecified atom stereocenters. The van der Waals surface area contributed by atoms with Gasteiger partial charge in [0, 0.05) is 29.6 Å². The number of amides is 2. The topological polar surface area (TPSA) is 173 Å². The lowest BCUT2D eigenvalue weighted by molar-refractivity contribution is -0.123. The minimum absolute atomic E-state index is 0.0382. The molecule has 4 aromatic heterocycles. The van der Waals surface area contributed by atoms with Crippen LogP contribution in [0.1, 0.15) is 46.4 Å². The Morgan fingerprint density at radius 2 is 2.07 bits per heavy atom. The fourth-order valence-electron chi connectivity index (χ4n) is 6.61. The number of nitrogens with two attached hydrogens (primary N) is 1. The van der Waals surface area contributed by atoms with Crippen LogP contribution in [-0.4, -0.2) is 67.2 Å². The molecule has 4 heterocycles. The van der Waals surface area contributed by atoms with E-state index < -0.39 is 55.5 Å². The van der Waals surface area contributed by atoms with Gasteiger partial charge in [-0.2, -0.15) is 0 Å². The second-order valence-electron chi connectivity index (χ2n) is 11.4. The fourth-order valence-corrected chi connectivity index (χ4v) is 6.61. The number of methoxy groups -OCH3 is 2. The molecule has 3 saturated carbocycles. The Balaban J connectivity index is 1.24. The first kappa shape index (κ1) is 21.1. The number of nitrogens with one attached hydrogen (secondary N) is 2. The molecule has 3 aliphatic carbocycles. The Hall–Kier alpha value is -4.69. The highest BCUT2D eigenvalue weighted by Gasteiger charge is 2.67. The van der Waals surface area contributed by atoms with Crippen LogP contribution in [0.2, 0.25) is 0 Å². The van der Waals surface area contributed by atoms with Crippen molar-refractivity contribution in [1.82, 2.24) is 34.2 Å². The zero-order chi connectivity index (χ0) is 35.2. The summed E-state index contributed by atoms with van der Waals surface area (Å²) in [5.74, 6) is 0.568. The predicted molar refractivity (Wildman–Crippen MR) is 153 cm³/mol. The number of carbonyl (C=O) groups is 2. The number of rotatable bonds is 8. The average Bonchev–Trinajstić information content (AvgIpc) is 3.88. The number of carbonyl (C=O) groups excluding carboxylic acids is 2. The number of primary amides is 1. The predicted octanol–water partition coefficient (Wildman–Crippen LogP) is 2.24. The van der Waals surface area contributed by atoms with Crippen LogP contribution in [0.25, 0.3) is 22.1 Å². The number of pyridine rings is 2. The van der Waals surface area contributed by atoms with Crippen molar-refractivity contribution in [2.75, 3.05) is 19.5 Å². The van der Waals surface area contributed by atoms with Crippen LogP contribution in [0, 0.1) is 11.8 Å². The molecule has 0 aromatic carbocycles. The van der Waals surface area contributed by atoms with Crippen LogP contribution in [-0.2, 0) is 22.0 Å². The summed E-state index contributed by atoms with van der Waals surface area (Å²) in [5.41, 5.74) is 4.16. The number of anilines is 2. The first-order valence-corrected chi connectivity index (χ1v) is 13.8. The number of halogens is 1. The molecule has 0 bridgehead atoms. The minimum Gasteiger partial charge on any atom is -0.479 e. The van der Waals surface area contributed by atoms with Crippen LogP contribution in [0.3, 0.4) is 0 Å². The summed E-state index contributed by atoms with van der Waals surface area (Å²) in [6.45, 7) is -2.94. The molecule has 14 nitrogen and oxygen atoms in total. The van der Waals surface area contributed by atoms with Gasteiger partial charge < -0.3 is 25.8 Å². The molecule has 0 saturated heterocycles. The van der Waals surface area contributed by atoms with E-state index in [1.165, 1.54) is 24.1 Å². The van der Waals surface area contributed by atoms with Crippen molar-refractivity contribution >= 4 is 45.7 Å². The third kappa shape index (κ3) is 4.19. The molecule has 43 heavy (non-hydrogen) atoms. The monoisotopic (exact) mass is 599 g/mol. The number of imidazole rings is 1. The molecule has 3 fully saturated rings. The summed E-state index contributed by atoms with van der Waals surface area (Å²) in [4.78, 5) is 47.4. The standard InChI is InChI=1S/C28H32FN9O5/c1-36-20-12-31-22(10-19(20)37(27(36)41)18-9-14(8-17(18)29)32-26(40)43-3)33-21-7-6-15-23(34-21)38(35-24(15)42-2)28(25(30)39)11-16(28)13-4-5-13/h6-7,10,12-14,16-18H,4-5,8-9,11H2,1-3H3,(H2,30,39)(H,32,40)(H,31,33,34)/i1D3,3D3. The van der Waals surface area contributed by atoms with E-state index in [9.17, 15) is 14.4 Å². The number of aryl methyl sites for hydroxylation is 1. The van der Waals surface area contributed by atoms with Crippen LogP contribution < -0.4 is 26.8 Å². The number of aromatic nitrogens is 6. The lowest BCUT2D eigenvalue weighted by atomic mass is 10.1. The van der Waals surface area contributed by atoms with Crippen molar-refractivity contribution in [2.24, 2.45) is 24.5 Å². The van der Waals surface area contributed by atoms with Crippen LogP contribution in [0.5, 0.6) is 5.88 Å². The van der Waals surface area contributed by atoms with Gasteiger partial charge in [-0.3, -0.25) is 13.9 Å². The Morgan fingerprint density at radius 3 is 2.79 bits per heavy atom. The van der Waals surface area contributed by atoms with Gasteiger partial charge in [-0.05, 0) is 49.7 Å². The SMILES string of the molecule is [2H]C([2H])([2H])OC(=O)NC1CC(F)C(n2c(=O)n(C([2H])([2H])[2H])c3cnc(Nc4ccc5c(OC)nn(C6(C(N)=O)CC6C6CC6)c5n4)cc32)C1. The molecular formula is C28H32FN9O5. The highest BCUT2D eigenvalue weighted by atomic mass is 19.1. The number of ether oxygens (including phenoxy) is 2. The highest BCUT2D eigenvalue weighted by molar-refractivity contribution is 5.91. The van der Waals surface area contributed by atoms with Crippen LogP contribution >= 0.6 is 0 Å². The maximum Gasteiger partial charge on any atom is 0.407 e. The van der Waals surface area contributed by atoms with Crippen molar-refractivity contribution < 1.29 is 31.7 Å². The van der Waals surface area contributed by atoms with Gasteiger partial charge in [0.15, 0.2) is 5.65 Å². The summed E-state index contributed by atoms with van der Waals surface area (Å²) < 4.78 is 73.6. The number of fused-ring (bicyclic) bond motifs is 2. The number of hydrogen-bond acceptors (Lipinski definition) is 9. The molecular weight excluding hydrogens is 561 g/mol. The Morgan fingerprint density at radius 1 is 1.23 bits per heavy atom. The van der Waals surface area contributed by atoms with E-state index in [0.29, 0.717) is 27.9 Å². The smallest absolute Gasteiger partial charge is 0.407 e. The molecule has 0 spiro atoms. The second-order valence-corrected chi connectivity index (χ2v) is 11.4. The summed E-state index contributed by atoms with van der Waals surface area (Å²) >= 11 is 0. The summed E-state index contributed by atoms with van der Waals surface area (Å²) in [7, 11) is -1.55. The fraction of sp³-hybridized carbons (Fsp3) is 0.500. The molecule has 0 radical (unpaired) electrons. The zero-order valence-electron chi connectivity index (χ0n) is 28.9. The number of nitrogens with zero attached hydrogens (tertiary/aromatic N) is 6. The summed E-state index contributed by atoms with van der Waals surface area (Å²) in [5, 5.41) is 10.4. The van der Waals surface area contributed by atoms with Crippen molar-refractivity contribution in [3.05, 3.63) is 34.9 Å². The van der Waals surface area contributed by atoms with E-state index in [4.69, 9.17) is 23.7 Å². The molecule has 2 amide bonds. The van der Waals surface area contributed by atoms with Gasteiger partial charge in [-0.1, -0.05) is 0 Å². The highest BCUT2D eigenvalue weighted by Crippen LogP contribution is 2.61. The van der Waals surface area contributed by atoms with Crippen molar-refractivity contribution in [3.8, 4) is 5.88 Å². The van der Waals surface area contributed by atoms with E-state index >= 15 is 4.39 Å². The molecule has 4 N–H and O–H groups in total.